The van der Waals surface area contributed by atoms with Gasteiger partial charge in [-0.25, -0.2) is 0 Å². The summed E-state index contributed by atoms with van der Waals surface area (Å²) in [5.41, 5.74) is 0.0461. The van der Waals surface area contributed by atoms with E-state index in [9.17, 15) is 9.59 Å². The number of rotatable bonds is 3. The number of carbonyl (C=O) groups is 2. The smallest absolute Gasteiger partial charge is 0.223 e. The van der Waals surface area contributed by atoms with E-state index in [-0.39, 0.29) is 17.4 Å². The van der Waals surface area contributed by atoms with E-state index >= 15 is 0 Å². The van der Waals surface area contributed by atoms with Gasteiger partial charge in [0.25, 0.3) is 0 Å². The molecule has 5 nitrogen and oxygen atoms in total. The molecule has 0 aromatic heterocycles. The Morgan fingerprint density at radius 3 is 2.21 bits per heavy atom. The molecule has 1 rings (SSSR count). The Kier molecular flexibility index (Phi) is 5.79. The van der Waals surface area contributed by atoms with Crippen molar-refractivity contribution in [1.82, 2.24) is 15.1 Å². The third kappa shape index (κ3) is 6.05. The van der Waals surface area contributed by atoms with Crippen LogP contribution in [-0.4, -0.2) is 59.9 Å². The first-order valence-corrected chi connectivity index (χ1v) is 7.08. The largest absolute Gasteiger partial charge is 0.341 e. The van der Waals surface area contributed by atoms with Crippen molar-refractivity contribution in [1.29, 1.82) is 0 Å². The minimum atomic E-state index is 0.0461. The quantitative estimate of drug-likeness (QED) is 0.826. The molecular weight excluding hydrogens is 242 g/mol. The number of amides is 2. The number of nitrogens with one attached hydrogen (secondary N) is 1. The number of carbonyl (C=O) groups excluding carboxylic acids is 2. The fourth-order valence-electron chi connectivity index (χ4n) is 2.18. The summed E-state index contributed by atoms with van der Waals surface area (Å²) in [5, 5.41) is 3.32. The number of hydrogen-bond donors (Lipinski definition) is 1. The molecule has 5 heteroatoms. The van der Waals surface area contributed by atoms with Gasteiger partial charge in [-0.2, -0.15) is 0 Å². The van der Waals surface area contributed by atoms with Gasteiger partial charge in [-0.1, -0.05) is 0 Å². The van der Waals surface area contributed by atoms with Crippen molar-refractivity contribution >= 4 is 11.8 Å². The maximum atomic E-state index is 12.1. The average Bonchev–Trinajstić information content (AvgIpc) is 2.52. The van der Waals surface area contributed by atoms with Gasteiger partial charge in [-0.15, -0.1) is 0 Å². The highest BCUT2D eigenvalue weighted by Gasteiger charge is 2.20. The van der Waals surface area contributed by atoms with Crippen LogP contribution in [0.1, 0.15) is 40.5 Å². The summed E-state index contributed by atoms with van der Waals surface area (Å²) in [5.74, 6) is 0.283. The lowest BCUT2D eigenvalue weighted by Gasteiger charge is -2.24. The number of hydrogen-bond acceptors (Lipinski definition) is 3. The van der Waals surface area contributed by atoms with Crippen molar-refractivity contribution in [3.05, 3.63) is 0 Å². The molecule has 1 aliphatic rings. The van der Waals surface area contributed by atoms with E-state index in [4.69, 9.17) is 0 Å². The van der Waals surface area contributed by atoms with Crippen LogP contribution < -0.4 is 5.32 Å². The van der Waals surface area contributed by atoms with Crippen molar-refractivity contribution in [3.63, 3.8) is 0 Å². The Balaban J connectivity index is 2.35. The number of nitrogens with zero attached hydrogens (tertiary/aromatic N) is 2. The van der Waals surface area contributed by atoms with Crippen LogP contribution in [-0.2, 0) is 9.59 Å². The van der Waals surface area contributed by atoms with Crippen LogP contribution in [0.2, 0.25) is 0 Å². The summed E-state index contributed by atoms with van der Waals surface area (Å²) < 4.78 is 0. The highest BCUT2D eigenvalue weighted by Crippen LogP contribution is 2.06. The Hall–Kier alpha value is -1.10. The van der Waals surface area contributed by atoms with E-state index in [0.29, 0.717) is 26.1 Å². The van der Waals surface area contributed by atoms with E-state index in [2.05, 4.69) is 26.1 Å². The van der Waals surface area contributed by atoms with Crippen LogP contribution in [0.25, 0.3) is 0 Å². The molecule has 0 aliphatic carbocycles. The summed E-state index contributed by atoms with van der Waals surface area (Å²) in [7, 11) is 0. The molecule has 1 heterocycles. The summed E-state index contributed by atoms with van der Waals surface area (Å²) in [4.78, 5) is 27.1. The normalized spacial score (nSPS) is 17.3. The van der Waals surface area contributed by atoms with Gasteiger partial charge in [0.2, 0.25) is 11.8 Å². The average molecular weight is 269 g/mol. The summed E-state index contributed by atoms with van der Waals surface area (Å²) in [6.45, 7) is 11.4. The lowest BCUT2D eigenvalue weighted by atomic mass is 10.1. The van der Waals surface area contributed by atoms with Gasteiger partial charge in [-0.3, -0.25) is 9.59 Å². The van der Waals surface area contributed by atoms with Crippen molar-refractivity contribution in [3.8, 4) is 0 Å². The first kappa shape index (κ1) is 16.0. The van der Waals surface area contributed by atoms with E-state index in [1.54, 1.807) is 6.92 Å². The zero-order valence-electron chi connectivity index (χ0n) is 12.7. The van der Waals surface area contributed by atoms with Crippen LogP contribution >= 0.6 is 0 Å². The van der Waals surface area contributed by atoms with Crippen LogP contribution in [0.5, 0.6) is 0 Å². The van der Waals surface area contributed by atoms with Gasteiger partial charge in [-0.05, 0) is 27.2 Å². The topological polar surface area (TPSA) is 52.7 Å². The fourth-order valence-corrected chi connectivity index (χ4v) is 2.18. The third-order valence-corrected chi connectivity index (χ3v) is 3.29. The summed E-state index contributed by atoms with van der Waals surface area (Å²) >= 11 is 0. The van der Waals surface area contributed by atoms with Gasteiger partial charge in [0.05, 0.1) is 0 Å². The van der Waals surface area contributed by atoms with Crippen molar-refractivity contribution in [2.75, 3.05) is 32.7 Å². The van der Waals surface area contributed by atoms with Gasteiger partial charge < -0.3 is 15.1 Å². The highest BCUT2D eigenvalue weighted by molar-refractivity contribution is 5.77. The molecule has 1 fully saturated rings. The lowest BCUT2D eigenvalue weighted by Crippen LogP contribution is -2.40. The molecule has 0 saturated carbocycles. The minimum absolute atomic E-state index is 0.0461. The SMILES string of the molecule is CC(=O)N1CCCN(C(=O)CCNC(C)(C)C)CC1. The standard InChI is InChI=1S/C14H27N3O2/c1-12(18)16-8-5-9-17(11-10-16)13(19)6-7-15-14(2,3)4/h15H,5-11H2,1-4H3. The Morgan fingerprint density at radius 1 is 1.05 bits per heavy atom. The Labute approximate surface area is 116 Å². The summed E-state index contributed by atoms with van der Waals surface area (Å²) in [6, 6.07) is 0. The molecule has 1 N–H and O–H groups in total. The van der Waals surface area contributed by atoms with Gasteiger partial charge in [0.1, 0.15) is 0 Å². The zero-order valence-corrected chi connectivity index (χ0v) is 12.7. The molecular formula is C14H27N3O2. The van der Waals surface area contributed by atoms with E-state index in [1.807, 2.05) is 9.80 Å². The lowest BCUT2D eigenvalue weighted by molar-refractivity contribution is -0.132. The third-order valence-electron chi connectivity index (χ3n) is 3.29. The molecule has 0 spiro atoms. The van der Waals surface area contributed by atoms with Crippen LogP contribution in [0.15, 0.2) is 0 Å². The molecule has 110 valence electrons. The maximum absolute atomic E-state index is 12.1. The molecule has 2 amide bonds. The van der Waals surface area contributed by atoms with Gasteiger partial charge in [0, 0.05) is 51.6 Å². The predicted octanol–water partition coefficient (Wildman–Crippen LogP) is 0.845. The first-order chi connectivity index (χ1) is 8.79. The fraction of sp³-hybridized carbons (Fsp3) is 0.857. The zero-order chi connectivity index (χ0) is 14.5. The predicted molar refractivity (Wildman–Crippen MR) is 75.8 cm³/mol. The second kappa shape index (κ2) is 6.89. The van der Waals surface area contributed by atoms with Crippen LogP contribution in [0, 0.1) is 0 Å². The van der Waals surface area contributed by atoms with E-state index in [1.165, 1.54) is 0 Å². The Bertz CT molecular complexity index is 323. The molecule has 0 unspecified atom stereocenters. The van der Waals surface area contributed by atoms with Crippen LogP contribution in [0.4, 0.5) is 0 Å². The second-order valence-corrected chi connectivity index (χ2v) is 6.17. The van der Waals surface area contributed by atoms with Gasteiger partial charge in [0.15, 0.2) is 0 Å². The minimum Gasteiger partial charge on any atom is -0.341 e. The van der Waals surface area contributed by atoms with Crippen molar-refractivity contribution in [2.45, 2.75) is 46.1 Å². The molecule has 19 heavy (non-hydrogen) atoms. The highest BCUT2D eigenvalue weighted by atomic mass is 16.2. The molecule has 0 atom stereocenters. The monoisotopic (exact) mass is 269 g/mol. The molecule has 0 aromatic carbocycles. The first-order valence-electron chi connectivity index (χ1n) is 7.08. The summed E-state index contributed by atoms with van der Waals surface area (Å²) in [6.07, 6.45) is 1.40. The Morgan fingerprint density at radius 2 is 1.63 bits per heavy atom. The van der Waals surface area contributed by atoms with Crippen LogP contribution in [0.3, 0.4) is 0 Å². The molecule has 1 saturated heterocycles. The second-order valence-electron chi connectivity index (χ2n) is 6.17. The van der Waals surface area contributed by atoms with Crippen molar-refractivity contribution < 1.29 is 9.59 Å². The molecule has 1 aliphatic heterocycles. The van der Waals surface area contributed by atoms with E-state index < -0.39 is 0 Å². The molecule has 0 aromatic rings. The maximum Gasteiger partial charge on any atom is 0.223 e. The molecule has 0 bridgehead atoms. The van der Waals surface area contributed by atoms with Crippen molar-refractivity contribution in [2.24, 2.45) is 0 Å². The van der Waals surface area contributed by atoms with E-state index in [0.717, 1.165) is 19.5 Å². The molecule has 0 radical (unpaired) electrons. The van der Waals surface area contributed by atoms with Gasteiger partial charge >= 0.3 is 0 Å².